The smallest absolute Gasteiger partial charge is 0.276 e. The van der Waals surface area contributed by atoms with E-state index in [1.165, 1.54) is 18.4 Å². The third-order valence-corrected chi connectivity index (χ3v) is 3.14. The third-order valence-electron chi connectivity index (χ3n) is 3.14. The minimum absolute atomic E-state index is 0.176. The van der Waals surface area contributed by atoms with Crippen LogP contribution in [0.4, 0.5) is 5.69 Å². The van der Waals surface area contributed by atoms with Crippen LogP contribution in [0.25, 0.3) is 6.08 Å². The fourth-order valence-corrected chi connectivity index (χ4v) is 1.84. The fraction of sp³-hybridized carbons (Fsp3) is 0.429. The molecule has 96 valence electrons. The van der Waals surface area contributed by atoms with Gasteiger partial charge in [0.15, 0.2) is 0 Å². The molecule has 0 amide bonds. The fourth-order valence-electron chi connectivity index (χ4n) is 1.84. The normalized spacial score (nSPS) is 15.7. The van der Waals surface area contributed by atoms with Crippen LogP contribution in [0.3, 0.4) is 0 Å². The van der Waals surface area contributed by atoms with Crippen LogP contribution < -0.4 is 5.32 Å². The molecule has 0 heterocycles. The summed E-state index contributed by atoms with van der Waals surface area (Å²) in [6.45, 7) is 2.91. The summed E-state index contributed by atoms with van der Waals surface area (Å²) in [6.07, 6.45) is 5.35. The van der Waals surface area contributed by atoms with Gasteiger partial charge in [0, 0.05) is 18.7 Å². The number of hydrogen-bond acceptors (Lipinski definition) is 3. The average Bonchev–Trinajstić information content (AvgIpc) is 3.18. The van der Waals surface area contributed by atoms with Crippen molar-refractivity contribution in [2.75, 3.05) is 6.54 Å². The van der Waals surface area contributed by atoms with Crippen molar-refractivity contribution in [1.82, 2.24) is 5.32 Å². The van der Waals surface area contributed by atoms with Gasteiger partial charge >= 0.3 is 0 Å². The van der Waals surface area contributed by atoms with Crippen LogP contribution in [0.1, 0.15) is 31.7 Å². The maximum absolute atomic E-state index is 10.9. The SMILES string of the molecule is CCC(=Cc1ccccc1[N+](=O)[O-])CNC1CC1. The topological polar surface area (TPSA) is 55.2 Å². The Morgan fingerprint density at radius 3 is 2.83 bits per heavy atom. The molecule has 0 aromatic heterocycles. The highest BCUT2D eigenvalue weighted by molar-refractivity contribution is 5.63. The lowest BCUT2D eigenvalue weighted by atomic mass is 10.1. The van der Waals surface area contributed by atoms with Gasteiger partial charge < -0.3 is 5.32 Å². The summed E-state index contributed by atoms with van der Waals surface area (Å²) in [5, 5.41) is 14.4. The van der Waals surface area contributed by atoms with E-state index in [4.69, 9.17) is 0 Å². The van der Waals surface area contributed by atoms with E-state index in [-0.39, 0.29) is 10.6 Å². The molecule has 0 aliphatic heterocycles. The van der Waals surface area contributed by atoms with Crippen molar-refractivity contribution >= 4 is 11.8 Å². The van der Waals surface area contributed by atoms with Crippen molar-refractivity contribution in [3.8, 4) is 0 Å². The maximum atomic E-state index is 10.9. The minimum Gasteiger partial charge on any atom is -0.310 e. The highest BCUT2D eigenvalue weighted by atomic mass is 16.6. The molecule has 0 atom stereocenters. The molecule has 0 unspecified atom stereocenters. The zero-order chi connectivity index (χ0) is 13.0. The quantitative estimate of drug-likeness (QED) is 0.619. The van der Waals surface area contributed by atoms with Crippen LogP contribution in [-0.4, -0.2) is 17.5 Å². The molecule has 0 bridgehead atoms. The average molecular weight is 246 g/mol. The summed E-state index contributed by atoms with van der Waals surface area (Å²) >= 11 is 0. The molecular weight excluding hydrogens is 228 g/mol. The van der Waals surface area contributed by atoms with Crippen LogP contribution in [0, 0.1) is 10.1 Å². The van der Waals surface area contributed by atoms with Crippen LogP contribution >= 0.6 is 0 Å². The third kappa shape index (κ3) is 3.40. The second-order valence-corrected chi connectivity index (χ2v) is 4.63. The number of nitro benzene ring substituents is 1. The number of para-hydroxylation sites is 1. The van der Waals surface area contributed by atoms with Crippen molar-refractivity contribution in [1.29, 1.82) is 0 Å². The Morgan fingerprint density at radius 2 is 2.22 bits per heavy atom. The Balaban J connectivity index is 2.14. The van der Waals surface area contributed by atoms with Gasteiger partial charge in [0.1, 0.15) is 0 Å². The van der Waals surface area contributed by atoms with E-state index in [1.54, 1.807) is 18.2 Å². The van der Waals surface area contributed by atoms with Gasteiger partial charge in [0.05, 0.1) is 10.5 Å². The van der Waals surface area contributed by atoms with E-state index in [9.17, 15) is 10.1 Å². The highest BCUT2D eigenvalue weighted by Gasteiger charge is 2.20. The Morgan fingerprint density at radius 1 is 1.50 bits per heavy atom. The van der Waals surface area contributed by atoms with Gasteiger partial charge in [-0.25, -0.2) is 0 Å². The van der Waals surface area contributed by atoms with Crippen LogP contribution in [0.15, 0.2) is 29.8 Å². The number of nitro groups is 1. The highest BCUT2D eigenvalue weighted by Crippen LogP contribution is 2.22. The zero-order valence-corrected chi connectivity index (χ0v) is 10.6. The maximum Gasteiger partial charge on any atom is 0.276 e. The van der Waals surface area contributed by atoms with Crippen LogP contribution in [-0.2, 0) is 0 Å². The Bertz CT molecular complexity index is 465. The molecule has 1 saturated carbocycles. The molecule has 4 nitrogen and oxygen atoms in total. The number of nitrogens with one attached hydrogen (secondary N) is 1. The first kappa shape index (κ1) is 12.8. The van der Waals surface area contributed by atoms with Crippen LogP contribution in [0.2, 0.25) is 0 Å². The summed E-state index contributed by atoms with van der Waals surface area (Å²) in [5.74, 6) is 0. The van der Waals surface area contributed by atoms with E-state index in [2.05, 4.69) is 12.2 Å². The summed E-state index contributed by atoms with van der Waals surface area (Å²) in [4.78, 5) is 10.6. The van der Waals surface area contributed by atoms with Crippen molar-refractivity contribution < 1.29 is 4.92 Å². The summed E-state index contributed by atoms with van der Waals surface area (Å²) in [6, 6.07) is 7.54. The van der Waals surface area contributed by atoms with E-state index in [0.29, 0.717) is 11.6 Å². The zero-order valence-electron chi connectivity index (χ0n) is 10.6. The predicted molar refractivity (Wildman–Crippen MR) is 72.4 cm³/mol. The number of benzene rings is 1. The van der Waals surface area contributed by atoms with Crippen molar-refractivity contribution in [3.63, 3.8) is 0 Å². The van der Waals surface area contributed by atoms with Crippen molar-refractivity contribution in [3.05, 3.63) is 45.5 Å². The van der Waals surface area contributed by atoms with Gasteiger partial charge in [0.2, 0.25) is 0 Å². The summed E-state index contributed by atoms with van der Waals surface area (Å²) < 4.78 is 0. The predicted octanol–water partition coefficient (Wildman–Crippen LogP) is 3.14. The molecule has 0 radical (unpaired) electrons. The summed E-state index contributed by atoms with van der Waals surface area (Å²) in [7, 11) is 0. The Kier molecular flexibility index (Phi) is 4.10. The van der Waals surface area contributed by atoms with Gasteiger partial charge in [0.25, 0.3) is 5.69 Å². The second kappa shape index (κ2) is 5.78. The largest absolute Gasteiger partial charge is 0.310 e. The first-order valence-corrected chi connectivity index (χ1v) is 6.37. The first-order chi connectivity index (χ1) is 8.70. The van der Waals surface area contributed by atoms with Crippen LogP contribution in [0.5, 0.6) is 0 Å². The molecule has 1 fully saturated rings. The Hall–Kier alpha value is -1.68. The van der Waals surface area contributed by atoms with Crippen molar-refractivity contribution in [2.45, 2.75) is 32.2 Å². The molecule has 18 heavy (non-hydrogen) atoms. The van der Waals surface area contributed by atoms with Crippen molar-refractivity contribution in [2.24, 2.45) is 0 Å². The van der Waals surface area contributed by atoms with E-state index in [0.717, 1.165) is 13.0 Å². The number of rotatable bonds is 6. The molecule has 1 aromatic rings. The first-order valence-electron chi connectivity index (χ1n) is 6.37. The van der Waals surface area contributed by atoms with Gasteiger partial charge in [-0.1, -0.05) is 24.6 Å². The molecule has 1 aromatic carbocycles. The lowest BCUT2D eigenvalue weighted by molar-refractivity contribution is -0.385. The molecule has 2 rings (SSSR count). The molecular formula is C14H18N2O2. The molecule has 0 saturated heterocycles. The number of hydrogen-bond donors (Lipinski definition) is 1. The lowest BCUT2D eigenvalue weighted by Crippen LogP contribution is -2.18. The molecule has 1 aliphatic rings. The molecule has 0 spiro atoms. The van der Waals surface area contributed by atoms with E-state index < -0.39 is 0 Å². The second-order valence-electron chi connectivity index (χ2n) is 4.63. The lowest BCUT2D eigenvalue weighted by Gasteiger charge is -2.06. The van der Waals surface area contributed by atoms with E-state index >= 15 is 0 Å². The van der Waals surface area contributed by atoms with Gasteiger partial charge in [-0.2, -0.15) is 0 Å². The minimum atomic E-state index is -0.326. The molecule has 4 heteroatoms. The Labute approximate surface area is 107 Å². The van der Waals surface area contributed by atoms with Gasteiger partial charge in [-0.05, 0) is 31.4 Å². The number of nitrogens with zero attached hydrogens (tertiary/aromatic N) is 1. The van der Waals surface area contributed by atoms with E-state index in [1.807, 2.05) is 12.1 Å². The van der Waals surface area contributed by atoms with Gasteiger partial charge in [-0.15, -0.1) is 0 Å². The molecule has 1 aliphatic carbocycles. The molecule has 1 N–H and O–H groups in total. The standard InChI is InChI=1S/C14H18N2O2/c1-2-11(10-15-13-7-8-13)9-12-5-3-4-6-14(12)16(17)18/h3-6,9,13,15H,2,7-8,10H2,1H3. The van der Waals surface area contributed by atoms with Gasteiger partial charge in [-0.3, -0.25) is 10.1 Å². The monoisotopic (exact) mass is 246 g/mol. The summed E-state index contributed by atoms with van der Waals surface area (Å²) in [5.41, 5.74) is 2.07.